The van der Waals surface area contributed by atoms with E-state index in [0.717, 1.165) is 5.69 Å². The fourth-order valence-corrected chi connectivity index (χ4v) is 3.32. The van der Waals surface area contributed by atoms with Crippen LogP contribution in [0.2, 0.25) is 0 Å². The molecule has 2 aromatic carbocycles. The molecule has 4 rings (SSSR count). The average molecular weight is 391 g/mol. The third kappa shape index (κ3) is 3.88. The number of nitrogens with one attached hydrogen (secondary N) is 1. The summed E-state index contributed by atoms with van der Waals surface area (Å²) in [6.45, 7) is 2.77. The van der Waals surface area contributed by atoms with E-state index in [1.807, 2.05) is 41.8 Å². The summed E-state index contributed by atoms with van der Waals surface area (Å²) in [6.07, 6.45) is 1.73. The molecule has 29 heavy (non-hydrogen) atoms. The zero-order chi connectivity index (χ0) is 20.2. The number of para-hydroxylation sites is 1. The minimum absolute atomic E-state index is 0.103. The largest absolute Gasteiger partial charge is 0.494 e. The Hall–Kier alpha value is -3.52. The lowest BCUT2D eigenvalue weighted by atomic mass is 10.2. The van der Waals surface area contributed by atoms with Crippen LogP contribution in [0.25, 0.3) is 5.69 Å². The Bertz CT molecular complexity index is 1000. The second-order valence-electron chi connectivity index (χ2n) is 6.58. The van der Waals surface area contributed by atoms with Crippen molar-refractivity contribution in [1.29, 1.82) is 0 Å². The Kier molecular flexibility index (Phi) is 5.35. The first-order valence-corrected chi connectivity index (χ1v) is 9.44. The maximum Gasteiger partial charge on any atom is 0.251 e. The third-order valence-electron chi connectivity index (χ3n) is 4.71. The molecule has 2 heterocycles. The van der Waals surface area contributed by atoms with Gasteiger partial charge < -0.3 is 4.74 Å². The van der Waals surface area contributed by atoms with Gasteiger partial charge in [0.25, 0.3) is 5.91 Å². The van der Waals surface area contributed by atoms with Gasteiger partial charge in [-0.25, -0.2) is 4.90 Å². The Labute approximate surface area is 168 Å². The summed E-state index contributed by atoms with van der Waals surface area (Å²) >= 11 is 0. The number of amides is 2. The highest BCUT2D eigenvalue weighted by atomic mass is 16.5. The van der Waals surface area contributed by atoms with Gasteiger partial charge in [0.1, 0.15) is 12.1 Å². The van der Waals surface area contributed by atoms with Gasteiger partial charge in [-0.15, -0.1) is 10.2 Å². The smallest absolute Gasteiger partial charge is 0.251 e. The van der Waals surface area contributed by atoms with Crippen molar-refractivity contribution >= 4 is 17.5 Å². The van der Waals surface area contributed by atoms with Crippen LogP contribution in [0.15, 0.2) is 60.9 Å². The molecule has 1 saturated heterocycles. The molecule has 2 amide bonds. The lowest BCUT2D eigenvalue weighted by Gasteiger charge is -2.16. The standard InChI is InChI=1S/C21H21N5O3/c1-2-29-17-10-8-16(9-11-17)26-20(27)12-18(21(26)28)22-13-19-24-23-14-25(19)15-6-4-3-5-7-15/h3-11,14,18,22H,2,12-13H2,1H3. The van der Waals surface area contributed by atoms with Gasteiger partial charge in [0.05, 0.1) is 31.3 Å². The van der Waals surface area contributed by atoms with Crippen molar-refractivity contribution in [2.75, 3.05) is 11.5 Å². The summed E-state index contributed by atoms with van der Waals surface area (Å²) in [5, 5.41) is 11.2. The van der Waals surface area contributed by atoms with Crippen LogP contribution in [-0.4, -0.2) is 39.2 Å². The van der Waals surface area contributed by atoms with Crippen LogP contribution in [0.5, 0.6) is 5.75 Å². The highest BCUT2D eigenvalue weighted by Crippen LogP contribution is 2.25. The summed E-state index contributed by atoms with van der Waals surface area (Å²) in [7, 11) is 0. The zero-order valence-corrected chi connectivity index (χ0v) is 16.0. The normalized spacial score (nSPS) is 16.4. The first-order valence-electron chi connectivity index (χ1n) is 9.44. The van der Waals surface area contributed by atoms with Crippen molar-refractivity contribution in [2.24, 2.45) is 0 Å². The topological polar surface area (TPSA) is 89.3 Å². The van der Waals surface area contributed by atoms with Gasteiger partial charge in [-0.05, 0) is 43.3 Å². The van der Waals surface area contributed by atoms with Crippen molar-refractivity contribution in [3.63, 3.8) is 0 Å². The summed E-state index contributed by atoms with van der Waals surface area (Å²) in [5.74, 6) is 0.854. The quantitative estimate of drug-likeness (QED) is 0.621. The number of anilines is 1. The van der Waals surface area contributed by atoms with Crippen LogP contribution in [0.3, 0.4) is 0 Å². The number of carbonyl (C=O) groups excluding carboxylic acids is 2. The second-order valence-corrected chi connectivity index (χ2v) is 6.58. The molecule has 0 spiro atoms. The van der Waals surface area contributed by atoms with E-state index in [2.05, 4.69) is 15.5 Å². The molecule has 1 aliphatic heterocycles. The number of nitrogens with zero attached hydrogens (tertiary/aromatic N) is 4. The van der Waals surface area contributed by atoms with Gasteiger partial charge in [0.15, 0.2) is 5.82 Å². The SMILES string of the molecule is CCOc1ccc(N2C(=O)CC(NCc3nncn3-c3ccccc3)C2=O)cc1. The van der Waals surface area contributed by atoms with Crippen LogP contribution in [0, 0.1) is 0 Å². The molecule has 1 atom stereocenters. The Morgan fingerprint density at radius 3 is 2.55 bits per heavy atom. The maximum atomic E-state index is 12.8. The molecular weight excluding hydrogens is 370 g/mol. The first kappa shape index (κ1) is 18.8. The Balaban J connectivity index is 1.44. The molecule has 0 aliphatic carbocycles. The predicted molar refractivity (Wildman–Crippen MR) is 107 cm³/mol. The van der Waals surface area contributed by atoms with E-state index < -0.39 is 6.04 Å². The highest BCUT2D eigenvalue weighted by Gasteiger charge is 2.39. The summed E-state index contributed by atoms with van der Waals surface area (Å²) < 4.78 is 7.26. The van der Waals surface area contributed by atoms with Crippen LogP contribution in [-0.2, 0) is 16.1 Å². The fraction of sp³-hybridized carbons (Fsp3) is 0.238. The van der Waals surface area contributed by atoms with E-state index in [4.69, 9.17) is 4.74 Å². The number of rotatable bonds is 7. The minimum Gasteiger partial charge on any atom is -0.494 e. The molecular formula is C21H21N5O3. The number of imide groups is 1. The molecule has 8 heteroatoms. The molecule has 1 N–H and O–H groups in total. The number of ether oxygens (including phenoxy) is 1. The number of hydrogen-bond donors (Lipinski definition) is 1. The van der Waals surface area contributed by atoms with Gasteiger partial charge in [-0.1, -0.05) is 18.2 Å². The van der Waals surface area contributed by atoms with Crippen molar-refractivity contribution in [3.8, 4) is 11.4 Å². The molecule has 148 valence electrons. The second kappa shape index (κ2) is 8.24. The van der Waals surface area contributed by atoms with Gasteiger partial charge in [0.2, 0.25) is 5.91 Å². The third-order valence-corrected chi connectivity index (χ3v) is 4.71. The van der Waals surface area contributed by atoms with E-state index in [0.29, 0.717) is 30.4 Å². The van der Waals surface area contributed by atoms with E-state index in [1.54, 1.807) is 30.6 Å². The molecule has 1 aliphatic rings. The minimum atomic E-state index is -0.602. The van der Waals surface area contributed by atoms with E-state index >= 15 is 0 Å². The molecule has 0 radical (unpaired) electrons. The van der Waals surface area contributed by atoms with Crippen molar-refractivity contribution in [1.82, 2.24) is 20.1 Å². The average Bonchev–Trinajstić information content (AvgIpc) is 3.32. The van der Waals surface area contributed by atoms with Crippen LogP contribution >= 0.6 is 0 Å². The number of hydrogen-bond acceptors (Lipinski definition) is 6. The lowest BCUT2D eigenvalue weighted by Crippen LogP contribution is -2.38. The lowest BCUT2D eigenvalue weighted by molar-refractivity contribution is -0.121. The van der Waals surface area contributed by atoms with Crippen molar-refractivity contribution in [3.05, 3.63) is 66.7 Å². The predicted octanol–water partition coefficient (Wildman–Crippen LogP) is 2.09. The maximum absolute atomic E-state index is 12.8. The van der Waals surface area contributed by atoms with E-state index in [1.165, 1.54) is 4.90 Å². The fourth-order valence-electron chi connectivity index (χ4n) is 3.32. The highest BCUT2D eigenvalue weighted by molar-refractivity contribution is 6.22. The molecule has 1 fully saturated rings. The summed E-state index contributed by atoms with van der Waals surface area (Å²) in [4.78, 5) is 26.5. The van der Waals surface area contributed by atoms with Crippen LogP contribution in [0.4, 0.5) is 5.69 Å². The van der Waals surface area contributed by atoms with E-state index in [-0.39, 0.29) is 18.2 Å². The van der Waals surface area contributed by atoms with Gasteiger partial charge in [-0.2, -0.15) is 0 Å². The van der Waals surface area contributed by atoms with Crippen molar-refractivity contribution in [2.45, 2.75) is 25.9 Å². The van der Waals surface area contributed by atoms with Gasteiger partial charge in [0, 0.05) is 5.69 Å². The molecule has 3 aromatic rings. The number of benzene rings is 2. The zero-order valence-electron chi connectivity index (χ0n) is 16.0. The molecule has 1 unspecified atom stereocenters. The number of aromatic nitrogens is 3. The van der Waals surface area contributed by atoms with Gasteiger partial charge in [-0.3, -0.25) is 19.5 Å². The molecule has 0 saturated carbocycles. The summed E-state index contributed by atoms with van der Waals surface area (Å²) in [6, 6.07) is 16.0. The Morgan fingerprint density at radius 2 is 1.83 bits per heavy atom. The van der Waals surface area contributed by atoms with Crippen LogP contribution in [0.1, 0.15) is 19.2 Å². The monoisotopic (exact) mass is 391 g/mol. The van der Waals surface area contributed by atoms with Gasteiger partial charge >= 0.3 is 0 Å². The first-order chi connectivity index (χ1) is 14.2. The van der Waals surface area contributed by atoms with Crippen LogP contribution < -0.4 is 15.0 Å². The number of carbonyl (C=O) groups is 2. The Morgan fingerprint density at radius 1 is 1.07 bits per heavy atom. The molecule has 0 bridgehead atoms. The van der Waals surface area contributed by atoms with Crippen molar-refractivity contribution < 1.29 is 14.3 Å². The molecule has 8 nitrogen and oxygen atoms in total. The summed E-state index contributed by atoms with van der Waals surface area (Å²) in [5.41, 5.74) is 1.47. The van der Waals surface area contributed by atoms with E-state index in [9.17, 15) is 9.59 Å². The molecule has 1 aromatic heterocycles.